The van der Waals surface area contributed by atoms with E-state index in [0.717, 1.165) is 65.0 Å². The minimum absolute atomic E-state index is 0. The lowest BCUT2D eigenvalue weighted by Crippen LogP contribution is -2.37. The molecule has 9 heteroatoms. The van der Waals surface area contributed by atoms with Crippen molar-refractivity contribution >= 4 is 52.2 Å². The van der Waals surface area contributed by atoms with Crippen LogP contribution in [-0.4, -0.2) is 43.2 Å². The van der Waals surface area contributed by atoms with Crippen molar-refractivity contribution in [3.63, 3.8) is 0 Å². The lowest BCUT2D eigenvalue weighted by atomic mass is 10.2. The molecule has 0 aliphatic carbocycles. The quantitative estimate of drug-likeness (QED) is 0.156. The van der Waals surface area contributed by atoms with Gasteiger partial charge in [-0.05, 0) is 39.7 Å². The van der Waals surface area contributed by atoms with E-state index < -0.39 is 0 Å². The van der Waals surface area contributed by atoms with E-state index in [4.69, 9.17) is 14.5 Å². The maximum absolute atomic E-state index is 5.50. The molecule has 31 heavy (non-hydrogen) atoms. The maximum atomic E-state index is 5.50. The predicted molar refractivity (Wildman–Crippen MR) is 140 cm³/mol. The number of methoxy groups -OCH3 is 2. The van der Waals surface area contributed by atoms with Crippen LogP contribution in [0, 0.1) is 13.8 Å². The molecule has 0 aliphatic heterocycles. The first-order valence-corrected chi connectivity index (χ1v) is 11.0. The van der Waals surface area contributed by atoms with Gasteiger partial charge in [0, 0.05) is 41.2 Å². The van der Waals surface area contributed by atoms with Gasteiger partial charge in [-0.15, -0.1) is 35.3 Å². The summed E-state index contributed by atoms with van der Waals surface area (Å²) in [5.41, 5.74) is 3.28. The molecule has 0 amide bonds. The van der Waals surface area contributed by atoms with E-state index in [1.165, 1.54) is 10.6 Å². The van der Waals surface area contributed by atoms with Gasteiger partial charge < -0.3 is 25.1 Å². The molecular formula is C22H32IN5O2S. The Kier molecular flexibility index (Phi) is 9.89. The molecule has 2 aromatic heterocycles. The van der Waals surface area contributed by atoms with E-state index in [-0.39, 0.29) is 24.0 Å². The number of nitrogens with zero attached hydrogens (tertiary/aromatic N) is 2. The van der Waals surface area contributed by atoms with Crippen molar-refractivity contribution in [1.29, 1.82) is 0 Å². The minimum atomic E-state index is 0. The Hall–Kier alpha value is -2.01. The molecule has 3 aromatic rings. The number of aryl methyl sites for hydroxylation is 3. The molecule has 0 spiro atoms. The number of ether oxygens (including phenoxy) is 2. The molecule has 0 saturated heterocycles. The zero-order valence-corrected chi connectivity index (χ0v) is 21.9. The van der Waals surface area contributed by atoms with Crippen LogP contribution in [0.15, 0.2) is 23.2 Å². The van der Waals surface area contributed by atoms with Crippen molar-refractivity contribution in [2.75, 3.05) is 27.3 Å². The zero-order valence-electron chi connectivity index (χ0n) is 18.8. The molecule has 170 valence electrons. The largest absolute Gasteiger partial charge is 0.497 e. The summed E-state index contributed by atoms with van der Waals surface area (Å²) < 4.78 is 10.9. The lowest BCUT2D eigenvalue weighted by Gasteiger charge is -2.10. The van der Waals surface area contributed by atoms with E-state index in [0.29, 0.717) is 6.54 Å². The number of thiazole rings is 1. The normalized spacial score (nSPS) is 11.3. The number of aliphatic imine (C=N–C) groups is 1. The third-order valence-corrected chi connectivity index (χ3v) is 5.88. The highest BCUT2D eigenvalue weighted by Crippen LogP contribution is 2.31. The van der Waals surface area contributed by atoms with Gasteiger partial charge in [-0.25, -0.2) is 9.98 Å². The standard InChI is InChI=1S/C22H31N5O2S.HI/c1-6-23-22(25-13-21-14(2)26-15(3)30-21)24-9-7-8-16-10-18-19(27-16)11-17(28-4)12-20(18)29-5;/h10-12,27H,6-9,13H2,1-5H3,(H2,23,24,25);1H. The number of hydrogen-bond acceptors (Lipinski definition) is 5. The molecule has 3 N–H and O–H groups in total. The van der Waals surface area contributed by atoms with Gasteiger partial charge in [0.1, 0.15) is 11.5 Å². The molecule has 0 unspecified atom stereocenters. The fourth-order valence-electron chi connectivity index (χ4n) is 3.36. The first-order chi connectivity index (χ1) is 14.5. The Morgan fingerprint density at radius 2 is 1.97 bits per heavy atom. The SMILES string of the molecule is CCNC(=NCc1sc(C)nc1C)NCCCc1cc2c(OC)cc(OC)cc2[nH]1.I. The van der Waals surface area contributed by atoms with E-state index in [1.54, 1.807) is 25.6 Å². The highest BCUT2D eigenvalue weighted by molar-refractivity contribution is 14.0. The third kappa shape index (κ3) is 6.73. The van der Waals surface area contributed by atoms with Crippen LogP contribution in [0.1, 0.15) is 34.6 Å². The summed E-state index contributed by atoms with van der Waals surface area (Å²) in [6.45, 7) is 8.46. The Morgan fingerprint density at radius 3 is 2.61 bits per heavy atom. The Balaban J connectivity index is 0.00000341. The Morgan fingerprint density at radius 1 is 1.16 bits per heavy atom. The Bertz CT molecular complexity index is 1010. The molecule has 7 nitrogen and oxygen atoms in total. The monoisotopic (exact) mass is 557 g/mol. The summed E-state index contributed by atoms with van der Waals surface area (Å²) in [4.78, 5) is 13.9. The first-order valence-electron chi connectivity index (χ1n) is 10.2. The molecule has 0 fully saturated rings. The molecule has 0 saturated carbocycles. The smallest absolute Gasteiger partial charge is 0.191 e. The Labute approximate surface area is 205 Å². The van der Waals surface area contributed by atoms with Gasteiger partial charge in [0.2, 0.25) is 0 Å². The van der Waals surface area contributed by atoms with Crippen molar-refractivity contribution in [3.8, 4) is 11.5 Å². The molecule has 1 aromatic carbocycles. The second-order valence-corrected chi connectivity index (χ2v) is 8.34. The van der Waals surface area contributed by atoms with Gasteiger partial charge in [0.25, 0.3) is 0 Å². The average molecular weight is 558 g/mol. The number of fused-ring (bicyclic) bond motifs is 1. The fraction of sp³-hybridized carbons (Fsp3) is 0.455. The fourth-order valence-corrected chi connectivity index (χ4v) is 4.22. The van der Waals surface area contributed by atoms with Crippen LogP contribution in [0.4, 0.5) is 0 Å². The number of hydrogen-bond donors (Lipinski definition) is 3. The summed E-state index contributed by atoms with van der Waals surface area (Å²) in [5, 5.41) is 8.90. The average Bonchev–Trinajstić information content (AvgIpc) is 3.29. The van der Waals surface area contributed by atoms with E-state index in [9.17, 15) is 0 Å². The molecule has 0 radical (unpaired) electrons. The number of guanidine groups is 1. The molecular weight excluding hydrogens is 525 g/mol. The number of aromatic nitrogens is 2. The van der Waals surface area contributed by atoms with E-state index >= 15 is 0 Å². The van der Waals surface area contributed by atoms with E-state index in [2.05, 4.69) is 33.6 Å². The summed E-state index contributed by atoms with van der Waals surface area (Å²) in [7, 11) is 3.35. The molecule has 2 heterocycles. The number of rotatable bonds is 9. The van der Waals surface area contributed by atoms with Crippen LogP contribution in [0.5, 0.6) is 11.5 Å². The van der Waals surface area contributed by atoms with Crippen molar-refractivity contribution in [2.24, 2.45) is 4.99 Å². The second-order valence-electron chi connectivity index (χ2n) is 7.05. The summed E-state index contributed by atoms with van der Waals surface area (Å²) in [6, 6.07) is 6.06. The molecule has 0 atom stereocenters. The van der Waals surface area contributed by atoms with Crippen LogP contribution < -0.4 is 20.1 Å². The maximum Gasteiger partial charge on any atom is 0.191 e. The zero-order chi connectivity index (χ0) is 21.5. The number of halogens is 1. The van der Waals surface area contributed by atoms with Gasteiger partial charge >= 0.3 is 0 Å². The van der Waals surface area contributed by atoms with Crippen LogP contribution in [0.3, 0.4) is 0 Å². The number of nitrogens with one attached hydrogen (secondary N) is 3. The van der Waals surface area contributed by atoms with Crippen LogP contribution >= 0.6 is 35.3 Å². The van der Waals surface area contributed by atoms with Crippen LogP contribution in [-0.2, 0) is 13.0 Å². The van der Waals surface area contributed by atoms with E-state index in [1.807, 2.05) is 26.0 Å². The summed E-state index contributed by atoms with van der Waals surface area (Å²) in [6.07, 6.45) is 1.91. The predicted octanol–water partition coefficient (Wildman–Crippen LogP) is 4.56. The summed E-state index contributed by atoms with van der Waals surface area (Å²) in [5.74, 6) is 2.44. The van der Waals surface area contributed by atoms with Crippen molar-refractivity contribution in [1.82, 2.24) is 20.6 Å². The second kappa shape index (κ2) is 12.1. The minimum Gasteiger partial charge on any atom is -0.497 e. The van der Waals surface area contributed by atoms with Crippen molar-refractivity contribution < 1.29 is 9.47 Å². The highest BCUT2D eigenvalue weighted by Gasteiger charge is 2.09. The van der Waals surface area contributed by atoms with Crippen LogP contribution in [0.25, 0.3) is 10.9 Å². The number of aromatic amines is 1. The third-order valence-electron chi connectivity index (χ3n) is 4.82. The van der Waals surface area contributed by atoms with Crippen molar-refractivity contribution in [3.05, 3.63) is 39.5 Å². The lowest BCUT2D eigenvalue weighted by molar-refractivity contribution is 0.398. The van der Waals surface area contributed by atoms with Gasteiger partial charge in [-0.2, -0.15) is 0 Å². The molecule has 0 bridgehead atoms. The first kappa shape index (κ1) is 25.3. The topological polar surface area (TPSA) is 83.6 Å². The van der Waals surface area contributed by atoms with Crippen molar-refractivity contribution in [2.45, 2.75) is 40.2 Å². The van der Waals surface area contributed by atoms with Gasteiger partial charge in [-0.1, -0.05) is 0 Å². The van der Waals surface area contributed by atoms with Crippen LogP contribution in [0.2, 0.25) is 0 Å². The highest BCUT2D eigenvalue weighted by atomic mass is 127. The number of H-pyrrole nitrogens is 1. The molecule has 0 aliphatic rings. The number of benzene rings is 1. The van der Waals surface area contributed by atoms with Gasteiger partial charge in [0.05, 0.1) is 37.0 Å². The van der Waals surface area contributed by atoms with Gasteiger partial charge in [-0.3, -0.25) is 0 Å². The van der Waals surface area contributed by atoms with Gasteiger partial charge in [0.15, 0.2) is 5.96 Å². The summed E-state index contributed by atoms with van der Waals surface area (Å²) >= 11 is 1.71. The molecule has 3 rings (SSSR count).